The number of aromatic nitrogens is 2. The largest absolute Gasteiger partial charge is 0.341 e. The molecule has 5 rings (SSSR count). The molecule has 12 nitrogen and oxygen atoms in total. The van der Waals surface area contributed by atoms with Gasteiger partial charge in [-0.05, 0) is 44.3 Å². The van der Waals surface area contributed by atoms with Gasteiger partial charge < -0.3 is 20.4 Å². The number of para-hydroxylation sites is 4. The molecule has 2 atom stereocenters. The second-order valence-electron chi connectivity index (χ2n) is 10.6. The van der Waals surface area contributed by atoms with Crippen LogP contribution >= 0.6 is 12.4 Å². The summed E-state index contributed by atoms with van der Waals surface area (Å²) in [4.78, 5) is 43.3. The maximum absolute atomic E-state index is 14.3. The van der Waals surface area contributed by atoms with E-state index in [2.05, 4.69) is 16.7 Å². The standard InChI is InChI=1S/C31H31N7O5S.ClH/c1-20(33-2)30(40)34-24-18-36(29(39)19-44(3,42)43)27-14-8-9-15-28(27)37(31(24)41)17-23-22-11-5-7-13-26(22)38(35-23)25-12-6-4-10-21(25)16-32;/h4-15,20,24,33H,17-19H2,1-3H3,(H,34,40);1H/t20-,24-;/m0./s1. The van der Waals surface area contributed by atoms with Crippen LogP contribution in [0.25, 0.3) is 16.6 Å². The number of benzene rings is 3. The first-order valence-corrected chi connectivity index (χ1v) is 15.9. The maximum atomic E-state index is 14.3. The monoisotopic (exact) mass is 649 g/mol. The van der Waals surface area contributed by atoms with Gasteiger partial charge in [-0.2, -0.15) is 10.4 Å². The molecule has 3 amide bonds. The van der Waals surface area contributed by atoms with Crippen molar-refractivity contribution in [2.24, 2.45) is 0 Å². The summed E-state index contributed by atoms with van der Waals surface area (Å²) in [5, 5.41) is 20.9. The fraction of sp³-hybridized carbons (Fsp3) is 0.258. The van der Waals surface area contributed by atoms with Gasteiger partial charge in [-0.25, -0.2) is 13.1 Å². The number of amides is 3. The van der Waals surface area contributed by atoms with Crippen molar-refractivity contribution in [2.45, 2.75) is 25.6 Å². The van der Waals surface area contributed by atoms with Gasteiger partial charge in [0.05, 0.1) is 53.0 Å². The zero-order valence-electron chi connectivity index (χ0n) is 24.8. The molecule has 234 valence electrons. The van der Waals surface area contributed by atoms with Gasteiger partial charge in [0.15, 0.2) is 9.84 Å². The van der Waals surface area contributed by atoms with E-state index in [0.29, 0.717) is 28.3 Å². The predicted molar refractivity (Wildman–Crippen MR) is 173 cm³/mol. The summed E-state index contributed by atoms with van der Waals surface area (Å²) in [6.45, 7) is 1.32. The number of anilines is 2. The molecule has 1 aliphatic heterocycles. The van der Waals surface area contributed by atoms with Crippen molar-refractivity contribution >= 4 is 62.2 Å². The highest BCUT2D eigenvalue weighted by Gasteiger charge is 2.38. The summed E-state index contributed by atoms with van der Waals surface area (Å²) < 4.78 is 25.9. The zero-order chi connectivity index (χ0) is 31.6. The number of nitrogens with zero attached hydrogens (tertiary/aromatic N) is 5. The van der Waals surface area contributed by atoms with Gasteiger partial charge in [-0.1, -0.05) is 42.5 Å². The van der Waals surface area contributed by atoms with Crippen molar-refractivity contribution in [1.29, 1.82) is 5.26 Å². The summed E-state index contributed by atoms with van der Waals surface area (Å²) in [5.74, 6) is -2.45. The number of halogens is 1. The molecular formula is C31H32ClN7O5S. The Bertz CT molecular complexity index is 1920. The highest BCUT2D eigenvalue weighted by atomic mass is 35.5. The third-order valence-corrected chi connectivity index (χ3v) is 8.22. The second-order valence-corrected chi connectivity index (χ2v) is 12.7. The lowest BCUT2D eigenvalue weighted by Gasteiger charge is -2.26. The molecule has 0 saturated heterocycles. The fourth-order valence-corrected chi connectivity index (χ4v) is 5.76. The average molecular weight is 650 g/mol. The van der Waals surface area contributed by atoms with E-state index in [0.717, 1.165) is 17.2 Å². The van der Waals surface area contributed by atoms with Gasteiger partial charge in [0.25, 0.3) is 5.91 Å². The highest BCUT2D eigenvalue weighted by Crippen LogP contribution is 2.35. The summed E-state index contributed by atoms with van der Waals surface area (Å²) in [6.07, 6.45) is 0.964. The Balaban J connectivity index is 0.00000461. The summed E-state index contributed by atoms with van der Waals surface area (Å²) >= 11 is 0. The minimum atomic E-state index is -3.70. The molecule has 14 heteroatoms. The quantitative estimate of drug-likeness (QED) is 0.294. The molecule has 0 fully saturated rings. The zero-order valence-corrected chi connectivity index (χ0v) is 26.4. The van der Waals surface area contributed by atoms with E-state index in [1.54, 1.807) is 61.1 Å². The Morgan fingerprint density at radius 1 is 1.02 bits per heavy atom. The van der Waals surface area contributed by atoms with E-state index in [9.17, 15) is 28.1 Å². The maximum Gasteiger partial charge on any atom is 0.251 e. The number of rotatable bonds is 8. The topological polar surface area (TPSA) is 158 Å². The molecule has 2 heterocycles. The summed E-state index contributed by atoms with van der Waals surface area (Å²) in [7, 11) is -2.09. The lowest BCUT2D eigenvalue weighted by atomic mass is 10.1. The number of carbonyl (C=O) groups is 3. The van der Waals surface area contributed by atoms with E-state index < -0.39 is 45.4 Å². The van der Waals surface area contributed by atoms with Crippen molar-refractivity contribution in [2.75, 3.05) is 35.4 Å². The van der Waals surface area contributed by atoms with Gasteiger partial charge in [-0.3, -0.25) is 14.4 Å². The predicted octanol–water partition coefficient (Wildman–Crippen LogP) is 2.34. The molecule has 0 unspecified atom stereocenters. The highest BCUT2D eigenvalue weighted by molar-refractivity contribution is 7.91. The first-order chi connectivity index (χ1) is 21.0. The lowest BCUT2D eigenvalue weighted by molar-refractivity contribution is -0.128. The Kier molecular flexibility index (Phi) is 9.92. The molecule has 45 heavy (non-hydrogen) atoms. The van der Waals surface area contributed by atoms with E-state index in [4.69, 9.17) is 5.10 Å². The van der Waals surface area contributed by atoms with Crippen LogP contribution in [0.4, 0.5) is 11.4 Å². The van der Waals surface area contributed by atoms with Crippen LogP contribution in [-0.4, -0.2) is 73.6 Å². The van der Waals surface area contributed by atoms with Gasteiger partial charge in [0, 0.05) is 11.6 Å². The molecule has 0 radical (unpaired) electrons. The van der Waals surface area contributed by atoms with Crippen molar-refractivity contribution < 1.29 is 22.8 Å². The van der Waals surface area contributed by atoms with Crippen LogP contribution in [0.5, 0.6) is 0 Å². The van der Waals surface area contributed by atoms with E-state index in [1.807, 2.05) is 30.3 Å². The van der Waals surface area contributed by atoms with Crippen LogP contribution in [0.3, 0.4) is 0 Å². The minimum Gasteiger partial charge on any atom is -0.341 e. The van der Waals surface area contributed by atoms with Gasteiger partial charge >= 0.3 is 0 Å². The fourth-order valence-electron chi connectivity index (χ4n) is 5.16. The molecule has 0 aliphatic carbocycles. The third kappa shape index (κ3) is 6.83. The summed E-state index contributed by atoms with van der Waals surface area (Å²) in [6, 6.07) is 21.6. The minimum absolute atomic E-state index is 0. The third-order valence-electron chi connectivity index (χ3n) is 7.45. The van der Waals surface area contributed by atoms with E-state index in [1.165, 1.54) is 9.80 Å². The molecule has 1 aliphatic rings. The van der Waals surface area contributed by atoms with Crippen LogP contribution in [-0.2, 0) is 30.8 Å². The van der Waals surface area contributed by atoms with Gasteiger partial charge in [0.1, 0.15) is 17.9 Å². The molecule has 0 spiro atoms. The number of nitrogens with one attached hydrogen (secondary N) is 2. The van der Waals surface area contributed by atoms with Crippen molar-refractivity contribution in [3.63, 3.8) is 0 Å². The molecule has 0 bridgehead atoms. The Labute approximate surface area is 266 Å². The van der Waals surface area contributed by atoms with Crippen LogP contribution in [0.1, 0.15) is 18.2 Å². The first kappa shape index (κ1) is 33.1. The molecule has 4 aromatic rings. The summed E-state index contributed by atoms with van der Waals surface area (Å²) in [5.41, 5.74) is 2.91. The SMILES string of the molecule is CN[C@@H](C)C(=O)N[C@H]1CN(C(=O)CS(C)(=O)=O)c2ccccc2N(Cc2nn(-c3ccccc3C#N)c3ccccc23)C1=O.Cl. The Morgan fingerprint density at radius 2 is 1.64 bits per heavy atom. The van der Waals surface area contributed by atoms with Crippen LogP contribution in [0.2, 0.25) is 0 Å². The first-order valence-electron chi connectivity index (χ1n) is 13.8. The van der Waals surface area contributed by atoms with Gasteiger partial charge in [-0.15, -0.1) is 12.4 Å². The van der Waals surface area contributed by atoms with Crippen LogP contribution in [0.15, 0.2) is 72.8 Å². The number of nitriles is 1. The Hall–Kier alpha value is -4.77. The van der Waals surface area contributed by atoms with Crippen LogP contribution in [0, 0.1) is 11.3 Å². The van der Waals surface area contributed by atoms with Crippen LogP contribution < -0.4 is 20.4 Å². The number of sulfone groups is 1. The van der Waals surface area contributed by atoms with Crippen molar-refractivity contribution in [3.05, 3.63) is 84.1 Å². The number of carbonyl (C=O) groups excluding carboxylic acids is 3. The Morgan fingerprint density at radius 3 is 2.31 bits per heavy atom. The number of hydrogen-bond acceptors (Lipinski definition) is 8. The van der Waals surface area contributed by atoms with E-state index >= 15 is 0 Å². The molecule has 3 aromatic carbocycles. The average Bonchev–Trinajstić information content (AvgIpc) is 3.33. The molecule has 1 aromatic heterocycles. The smallest absolute Gasteiger partial charge is 0.251 e. The molecule has 2 N–H and O–H groups in total. The molecular weight excluding hydrogens is 618 g/mol. The number of fused-ring (bicyclic) bond motifs is 2. The van der Waals surface area contributed by atoms with Crippen molar-refractivity contribution in [3.8, 4) is 11.8 Å². The number of likely N-dealkylation sites (N-methyl/N-ethyl adjacent to an activating group) is 1. The molecule has 0 saturated carbocycles. The van der Waals surface area contributed by atoms with Crippen molar-refractivity contribution in [1.82, 2.24) is 20.4 Å². The number of hydrogen-bond donors (Lipinski definition) is 2. The lowest BCUT2D eigenvalue weighted by Crippen LogP contribution is -2.56. The van der Waals surface area contributed by atoms with Gasteiger partial charge in [0.2, 0.25) is 11.8 Å². The van der Waals surface area contributed by atoms with E-state index in [-0.39, 0.29) is 25.5 Å². The second kappa shape index (κ2) is 13.5. The normalized spacial score (nSPS) is 15.4.